The van der Waals surface area contributed by atoms with Gasteiger partial charge in [0.1, 0.15) is 18.0 Å². The molecule has 1 aliphatic rings. The van der Waals surface area contributed by atoms with Crippen LogP contribution in [0.1, 0.15) is 12.8 Å². The summed E-state index contributed by atoms with van der Waals surface area (Å²) in [6.07, 6.45) is 1.79. The van der Waals surface area contributed by atoms with Crippen LogP contribution >= 0.6 is 11.8 Å². The first-order valence-electron chi connectivity index (χ1n) is 10.0. The first-order valence-corrected chi connectivity index (χ1v) is 10.8. The van der Waals surface area contributed by atoms with E-state index in [-0.39, 0.29) is 22.9 Å². The second kappa shape index (κ2) is 9.03. The minimum Gasteiger partial charge on any atom is -0.497 e. The van der Waals surface area contributed by atoms with Gasteiger partial charge in [0.2, 0.25) is 0 Å². The van der Waals surface area contributed by atoms with E-state index in [1.165, 1.54) is 35.8 Å². The van der Waals surface area contributed by atoms with Crippen molar-refractivity contribution in [2.24, 2.45) is 0 Å². The smallest absolute Gasteiger partial charge is 0.287 e. The van der Waals surface area contributed by atoms with Gasteiger partial charge in [-0.3, -0.25) is 9.36 Å². The second-order valence-corrected chi connectivity index (χ2v) is 8.81. The summed E-state index contributed by atoms with van der Waals surface area (Å²) in [6, 6.07) is 12.1. The lowest BCUT2D eigenvalue weighted by Crippen LogP contribution is -2.55. The van der Waals surface area contributed by atoms with Crippen LogP contribution < -0.4 is 19.8 Å². The number of rotatable bonds is 8. The Morgan fingerprint density at radius 1 is 1.09 bits per heavy atom. The minimum atomic E-state index is -2.86. The van der Waals surface area contributed by atoms with Crippen LogP contribution in [0.4, 0.5) is 8.78 Å². The summed E-state index contributed by atoms with van der Waals surface area (Å²) >= 11 is 1.23. The highest BCUT2D eigenvalue weighted by atomic mass is 32.2. The van der Waals surface area contributed by atoms with Crippen LogP contribution in [0.15, 0.2) is 69.6 Å². The number of ether oxygens (including phenoxy) is 3. The van der Waals surface area contributed by atoms with Crippen molar-refractivity contribution in [3.8, 4) is 22.9 Å². The molecule has 10 heteroatoms. The Kier molecular flexibility index (Phi) is 6.31. The first kappa shape index (κ1) is 23.1. The summed E-state index contributed by atoms with van der Waals surface area (Å²) in [6.45, 7) is -0.282. The number of alkyl halides is 2. The van der Waals surface area contributed by atoms with Gasteiger partial charge in [-0.05, 0) is 36.4 Å². The van der Waals surface area contributed by atoms with Crippen molar-refractivity contribution < 1.29 is 28.1 Å². The molecule has 1 fully saturated rings. The van der Waals surface area contributed by atoms with E-state index in [9.17, 15) is 18.7 Å². The quantitative estimate of drug-likeness (QED) is 0.527. The fourth-order valence-electron chi connectivity index (χ4n) is 3.57. The Morgan fingerprint density at radius 2 is 1.82 bits per heavy atom. The van der Waals surface area contributed by atoms with E-state index < -0.39 is 24.4 Å². The standard InChI is InChI=1S/C23H22F2N2O5S/c1-30-16-4-6-17(7-5-16)33-20-21(28)27(10-9-26-20)15-3-8-18(19(11-15)31-2)32-14-22(29)12-23(24,25)13-22/h3-11,29H,12-14H2,1-2H3. The highest BCUT2D eigenvalue weighted by molar-refractivity contribution is 7.99. The third kappa shape index (κ3) is 5.12. The number of aliphatic hydroxyl groups is 1. The van der Waals surface area contributed by atoms with E-state index >= 15 is 0 Å². The number of hydrogen-bond donors (Lipinski definition) is 1. The molecule has 3 aromatic rings. The fourth-order valence-corrected chi connectivity index (χ4v) is 4.37. The second-order valence-electron chi connectivity index (χ2n) is 7.74. The largest absolute Gasteiger partial charge is 0.497 e. The van der Waals surface area contributed by atoms with Gasteiger partial charge >= 0.3 is 0 Å². The molecule has 174 valence electrons. The molecule has 0 bridgehead atoms. The number of hydrogen-bond acceptors (Lipinski definition) is 7. The van der Waals surface area contributed by atoms with Crippen LogP contribution in [0.25, 0.3) is 5.69 Å². The summed E-state index contributed by atoms with van der Waals surface area (Å²) < 4.78 is 43.7. The maximum atomic E-state index is 13.1. The highest BCUT2D eigenvalue weighted by Crippen LogP contribution is 2.46. The topological polar surface area (TPSA) is 82.8 Å². The van der Waals surface area contributed by atoms with Crippen molar-refractivity contribution in [1.82, 2.24) is 9.55 Å². The zero-order valence-electron chi connectivity index (χ0n) is 18.0. The van der Waals surface area contributed by atoms with E-state index in [1.54, 1.807) is 37.4 Å². The van der Waals surface area contributed by atoms with E-state index in [0.717, 1.165) is 4.90 Å². The molecule has 0 radical (unpaired) electrons. The Balaban J connectivity index is 1.53. The van der Waals surface area contributed by atoms with E-state index in [2.05, 4.69) is 4.98 Å². The zero-order valence-corrected chi connectivity index (χ0v) is 18.8. The number of methoxy groups -OCH3 is 2. The number of halogens is 2. The lowest BCUT2D eigenvalue weighted by Gasteiger charge is -2.42. The maximum absolute atomic E-state index is 13.1. The fraction of sp³-hybridized carbons (Fsp3) is 0.304. The molecule has 7 nitrogen and oxygen atoms in total. The van der Waals surface area contributed by atoms with Crippen LogP contribution in [-0.2, 0) is 0 Å². The Bertz CT molecular complexity index is 1190. The molecule has 2 aromatic carbocycles. The maximum Gasteiger partial charge on any atom is 0.287 e. The van der Waals surface area contributed by atoms with Gasteiger partial charge in [0.25, 0.3) is 11.5 Å². The summed E-state index contributed by atoms with van der Waals surface area (Å²) in [5.74, 6) is -1.57. The average Bonchev–Trinajstić information content (AvgIpc) is 2.78. The van der Waals surface area contributed by atoms with Gasteiger partial charge in [-0.25, -0.2) is 13.8 Å². The lowest BCUT2D eigenvalue weighted by molar-refractivity contribution is -0.215. The normalized spacial score (nSPS) is 16.0. The Labute approximate surface area is 192 Å². The molecule has 1 N–H and O–H groups in total. The highest BCUT2D eigenvalue weighted by Gasteiger charge is 2.56. The molecule has 33 heavy (non-hydrogen) atoms. The van der Waals surface area contributed by atoms with Crippen LogP contribution in [0.2, 0.25) is 0 Å². The van der Waals surface area contributed by atoms with Crippen molar-refractivity contribution in [1.29, 1.82) is 0 Å². The molecule has 0 spiro atoms. The summed E-state index contributed by atoms with van der Waals surface area (Å²) in [5.41, 5.74) is -1.37. The first-order chi connectivity index (χ1) is 15.7. The molecule has 0 saturated heterocycles. The van der Waals surface area contributed by atoms with Gasteiger partial charge in [0.05, 0.1) is 19.9 Å². The number of benzene rings is 2. The molecule has 0 unspecified atom stereocenters. The predicted octanol–water partition coefficient (Wildman–Crippen LogP) is 3.94. The summed E-state index contributed by atoms with van der Waals surface area (Å²) in [7, 11) is 3.01. The van der Waals surface area contributed by atoms with Crippen molar-refractivity contribution in [2.75, 3.05) is 20.8 Å². The monoisotopic (exact) mass is 476 g/mol. The molecule has 1 aromatic heterocycles. The molecular formula is C23H22F2N2O5S. The van der Waals surface area contributed by atoms with Crippen LogP contribution in [0.3, 0.4) is 0 Å². The predicted molar refractivity (Wildman–Crippen MR) is 118 cm³/mol. The number of aromatic nitrogens is 2. The summed E-state index contributed by atoms with van der Waals surface area (Å²) in [5, 5.41) is 10.4. The van der Waals surface area contributed by atoms with E-state index in [4.69, 9.17) is 14.2 Å². The Hall–Kier alpha value is -3.11. The van der Waals surface area contributed by atoms with Gasteiger partial charge in [-0.2, -0.15) is 0 Å². The molecule has 0 atom stereocenters. The molecule has 1 saturated carbocycles. The number of nitrogens with zero attached hydrogens (tertiary/aromatic N) is 2. The van der Waals surface area contributed by atoms with Gasteiger partial charge in [0.15, 0.2) is 16.5 Å². The lowest BCUT2D eigenvalue weighted by atomic mass is 9.77. The third-order valence-corrected chi connectivity index (χ3v) is 6.16. The van der Waals surface area contributed by atoms with E-state index in [1.807, 2.05) is 12.1 Å². The zero-order chi connectivity index (χ0) is 23.6. The molecule has 4 rings (SSSR count). The van der Waals surface area contributed by atoms with Crippen molar-refractivity contribution in [2.45, 2.75) is 34.3 Å². The molecule has 1 heterocycles. The molecule has 0 amide bonds. The SMILES string of the molecule is COc1ccc(Sc2nccn(-c3ccc(OCC4(O)CC(F)(F)C4)c(OC)c3)c2=O)cc1. The van der Waals surface area contributed by atoms with Gasteiger partial charge < -0.3 is 19.3 Å². The van der Waals surface area contributed by atoms with E-state index in [0.29, 0.717) is 17.2 Å². The molecule has 1 aliphatic carbocycles. The van der Waals surface area contributed by atoms with Crippen LogP contribution in [0, 0.1) is 0 Å². The Morgan fingerprint density at radius 3 is 2.45 bits per heavy atom. The molecular weight excluding hydrogens is 454 g/mol. The van der Waals surface area contributed by atoms with Gasteiger partial charge in [-0.15, -0.1) is 0 Å². The van der Waals surface area contributed by atoms with Gasteiger partial charge in [-0.1, -0.05) is 11.8 Å². The van der Waals surface area contributed by atoms with Crippen LogP contribution in [0.5, 0.6) is 17.2 Å². The third-order valence-electron chi connectivity index (χ3n) is 5.18. The van der Waals surface area contributed by atoms with Crippen molar-refractivity contribution in [3.05, 3.63) is 65.2 Å². The van der Waals surface area contributed by atoms with Crippen LogP contribution in [-0.4, -0.2) is 47.0 Å². The summed E-state index contributed by atoms with van der Waals surface area (Å²) in [4.78, 5) is 18.1. The van der Waals surface area contributed by atoms with Gasteiger partial charge in [0, 0.05) is 36.2 Å². The van der Waals surface area contributed by atoms with Crippen molar-refractivity contribution >= 4 is 11.8 Å². The average molecular weight is 477 g/mol. The minimum absolute atomic E-state index is 0.278. The van der Waals surface area contributed by atoms with Crippen molar-refractivity contribution in [3.63, 3.8) is 0 Å². The molecule has 0 aliphatic heterocycles.